The third kappa shape index (κ3) is 4.64. The SMILES string of the molecule is Oc1ccc(Cl)c(-c2ccc3nc(Nc4ccc(OCCN5CCCC5)cc4)nn3c2)c1. The fraction of sp³-hybridized carbons (Fsp3) is 0.250. The summed E-state index contributed by atoms with van der Waals surface area (Å²) in [5.74, 6) is 1.51. The predicted octanol–water partition coefficient (Wildman–Crippen LogP) is 4.97. The maximum atomic E-state index is 9.78. The lowest BCUT2D eigenvalue weighted by atomic mass is 10.1. The van der Waals surface area contributed by atoms with E-state index in [9.17, 15) is 5.11 Å². The summed E-state index contributed by atoms with van der Waals surface area (Å²) in [4.78, 5) is 6.96. The second-order valence-electron chi connectivity index (χ2n) is 7.87. The molecule has 0 aliphatic carbocycles. The van der Waals surface area contributed by atoms with Crippen LogP contribution in [0.3, 0.4) is 0 Å². The predicted molar refractivity (Wildman–Crippen MR) is 126 cm³/mol. The first-order chi connectivity index (χ1) is 15.6. The van der Waals surface area contributed by atoms with Gasteiger partial charge in [0.15, 0.2) is 5.65 Å². The summed E-state index contributed by atoms with van der Waals surface area (Å²) in [7, 11) is 0. The number of fused-ring (bicyclic) bond motifs is 1. The van der Waals surface area contributed by atoms with E-state index in [1.54, 1.807) is 22.7 Å². The molecule has 0 saturated carbocycles. The molecule has 0 amide bonds. The van der Waals surface area contributed by atoms with Crippen LogP contribution in [-0.4, -0.2) is 50.8 Å². The molecule has 2 aromatic heterocycles. The molecule has 1 aliphatic rings. The van der Waals surface area contributed by atoms with Gasteiger partial charge >= 0.3 is 0 Å². The molecule has 2 aromatic carbocycles. The molecular weight excluding hydrogens is 426 g/mol. The molecule has 4 aromatic rings. The van der Waals surface area contributed by atoms with Gasteiger partial charge in [0.05, 0.1) is 0 Å². The maximum Gasteiger partial charge on any atom is 0.247 e. The van der Waals surface area contributed by atoms with Crippen molar-refractivity contribution in [3.8, 4) is 22.6 Å². The third-order valence-electron chi connectivity index (χ3n) is 5.58. The molecule has 1 saturated heterocycles. The smallest absolute Gasteiger partial charge is 0.247 e. The summed E-state index contributed by atoms with van der Waals surface area (Å²) >= 11 is 6.29. The third-order valence-corrected chi connectivity index (χ3v) is 5.91. The van der Waals surface area contributed by atoms with Crippen molar-refractivity contribution in [3.05, 3.63) is 65.8 Å². The number of likely N-dealkylation sites (tertiary alicyclic amines) is 1. The molecule has 2 N–H and O–H groups in total. The van der Waals surface area contributed by atoms with Gasteiger partial charge in [-0.25, -0.2) is 4.52 Å². The van der Waals surface area contributed by atoms with Crippen molar-refractivity contribution in [1.29, 1.82) is 0 Å². The molecule has 5 rings (SSSR count). The van der Waals surface area contributed by atoms with Gasteiger partial charge in [0, 0.05) is 34.6 Å². The second-order valence-corrected chi connectivity index (χ2v) is 8.27. The van der Waals surface area contributed by atoms with E-state index >= 15 is 0 Å². The quantitative estimate of drug-likeness (QED) is 0.414. The van der Waals surface area contributed by atoms with Crippen LogP contribution in [0.25, 0.3) is 16.8 Å². The fourth-order valence-electron chi connectivity index (χ4n) is 3.89. The van der Waals surface area contributed by atoms with Crippen molar-refractivity contribution >= 4 is 28.9 Å². The molecule has 1 fully saturated rings. The van der Waals surface area contributed by atoms with Gasteiger partial charge in [0.2, 0.25) is 5.95 Å². The molecule has 1 aliphatic heterocycles. The summed E-state index contributed by atoms with van der Waals surface area (Å²) < 4.78 is 7.55. The highest BCUT2D eigenvalue weighted by atomic mass is 35.5. The number of aromatic hydroxyl groups is 1. The van der Waals surface area contributed by atoms with E-state index in [-0.39, 0.29) is 5.75 Å². The highest BCUT2D eigenvalue weighted by Gasteiger charge is 2.11. The summed E-state index contributed by atoms with van der Waals surface area (Å²) in [6, 6.07) is 16.4. The highest BCUT2D eigenvalue weighted by molar-refractivity contribution is 6.33. The number of anilines is 2. The molecule has 3 heterocycles. The number of hydrogen-bond acceptors (Lipinski definition) is 6. The molecule has 0 radical (unpaired) electrons. The minimum atomic E-state index is 0.161. The van der Waals surface area contributed by atoms with Gasteiger partial charge in [-0.1, -0.05) is 11.6 Å². The van der Waals surface area contributed by atoms with Crippen molar-refractivity contribution in [3.63, 3.8) is 0 Å². The van der Waals surface area contributed by atoms with Crippen LogP contribution in [0.2, 0.25) is 5.02 Å². The molecule has 0 unspecified atom stereocenters. The summed E-state index contributed by atoms with van der Waals surface area (Å²) in [5.41, 5.74) is 3.16. The van der Waals surface area contributed by atoms with Crippen LogP contribution in [0.4, 0.5) is 11.6 Å². The van der Waals surface area contributed by atoms with Gasteiger partial charge in [-0.3, -0.25) is 4.90 Å². The number of benzene rings is 2. The first-order valence-electron chi connectivity index (χ1n) is 10.7. The van der Waals surface area contributed by atoms with Crippen LogP contribution in [0.1, 0.15) is 12.8 Å². The number of nitrogens with zero attached hydrogens (tertiary/aromatic N) is 4. The second kappa shape index (κ2) is 9.06. The largest absolute Gasteiger partial charge is 0.508 e. The average molecular weight is 450 g/mol. The van der Waals surface area contributed by atoms with Gasteiger partial charge in [-0.15, -0.1) is 5.10 Å². The van der Waals surface area contributed by atoms with Gasteiger partial charge in [-0.05, 0) is 80.5 Å². The van der Waals surface area contributed by atoms with Gasteiger partial charge in [0.1, 0.15) is 18.1 Å². The molecule has 0 atom stereocenters. The number of pyridine rings is 1. The summed E-state index contributed by atoms with van der Waals surface area (Å²) in [6.07, 6.45) is 4.43. The zero-order chi connectivity index (χ0) is 21.9. The number of phenolic OH excluding ortho intramolecular Hbond substituents is 1. The Morgan fingerprint density at radius 1 is 1.03 bits per heavy atom. The molecule has 0 bridgehead atoms. The minimum Gasteiger partial charge on any atom is -0.508 e. The zero-order valence-electron chi connectivity index (χ0n) is 17.5. The van der Waals surface area contributed by atoms with Crippen molar-refractivity contribution in [2.45, 2.75) is 12.8 Å². The molecule has 8 heteroatoms. The molecule has 32 heavy (non-hydrogen) atoms. The van der Waals surface area contributed by atoms with Crippen LogP contribution < -0.4 is 10.1 Å². The topological polar surface area (TPSA) is 74.9 Å². The lowest BCUT2D eigenvalue weighted by Gasteiger charge is -2.15. The van der Waals surface area contributed by atoms with E-state index in [4.69, 9.17) is 16.3 Å². The van der Waals surface area contributed by atoms with Crippen molar-refractivity contribution in [1.82, 2.24) is 19.5 Å². The first kappa shape index (κ1) is 20.6. The Balaban J connectivity index is 1.25. The monoisotopic (exact) mass is 449 g/mol. The molecule has 7 nitrogen and oxygen atoms in total. The van der Waals surface area contributed by atoms with Crippen LogP contribution in [-0.2, 0) is 0 Å². The Labute approximate surface area is 191 Å². The number of halogens is 1. The van der Waals surface area contributed by atoms with Crippen molar-refractivity contribution < 1.29 is 9.84 Å². The standard InChI is InChI=1S/C24H24ClN5O2/c25-22-9-6-19(31)15-21(22)17-3-10-23-27-24(28-30(23)16-17)26-18-4-7-20(8-5-18)32-14-13-29-11-1-2-12-29/h3-10,15-16,31H,1-2,11-14H2,(H,26,28). The van der Waals surface area contributed by atoms with Crippen LogP contribution in [0, 0.1) is 0 Å². The van der Waals surface area contributed by atoms with E-state index in [1.165, 1.54) is 25.9 Å². The highest BCUT2D eigenvalue weighted by Crippen LogP contribution is 2.31. The zero-order valence-corrected chi connectivity index (χ0v) is 18.3. The van der Waals surface area contributed by atoms with Crippen LogP contribution in [0.15, 0.2) is 60.8 Å². The number of ether oxygens (including phenoxy) is 1. The Bertz CT molecular complexity index is 1220. The van der Waals surface area contributed by atoms with Crippen LogP contribution in [0.5, 0.6) is 11.5 Å². The number of aromatic nitrogens is 3. The number of rotatable bonds is 7. The first-order valence-corrected chi connectivity index (χ1v) is 11.1. The van der Waals surface area contributed by atoms with E-state index < -0.39 is 0 Å². The van der Waals surface area contributed by atoms with E-state index in [2.05, 4.69) is 20.3 Å². The van der Waals surface area contributed by atoms with Crippen molar-refractivity contribution in [2.75, 3.05) is 31.6 Å². The summed E-state index contributed by atoms with van der Waals surface area (Å²) in [6.45, 7) is 4.04. The van der Waals surface area contributed by atoms with Gasteiger partial charge < -0.3 is 15.2 Å². The Kier molecular flexibility index (Phi) is 5.83. The lowest BCUT2D eigenvalue weighted by Crippen LogP contribution is -2.25. The Hall–Kier alpha value is -3.29. The van der Waals surface area contributed by atoms with E-state index in [0.29, 0.717) is 23.2 Å². The van der Waals surface area contributed by atoms with Crippen molar-refractivity contribution in [2.24, 2.45) is 0 Å². The van der Waals surface area contributed by atoms with E-state index in [0.717, 1.165) is 29.1 Å². The normalized spacial score (nSPS) is 14.2. The van der Waals surface area contributed by atoms with Gasteiger partial charge in [-0.2, -0.15) is 4.98 Å². The summed E-state index contributed by atoms with van der Waals surface area (Å²) in [5, 5.41) is 18.1. The van der Waals surface area contributed by atoms with Crippen LogP contribution >= 0.6 is 11.6 Å². The van der Waals surface area contributed by atoms with Gasteiger partial charge in [0.25, 0.3) is 0 Å². The lowest BCUT2D eigenvalue weighted by molar-refractivity contribution is 0.238. The number of phenols is 1. The Morgan fingerprint density at radius 2 is 1.84 bits per heavy atom. The average Bonchev–Trinajstić information content (AvgIpc) is 3.45. The molecule has 164 valence electrons. The number of hydrogen-bond donors (Lipinski definition) is 2. The maximum absolute atomic E-state index is 9.78. The van der Waals surface area contributed by atoms with E-state index in [1.807, 2.05) is 42.6 Å². The molecular formula is C24H24ClN5O2. The number of nitrogens with one attached hydrogen (secondary N) is 1. The molecule has 0 spiro atoms. The fourth-order valence-corrected chi connectivity index (χ4v) is 4.12. The Morgan fingerprint density at radius 3 is 2.66 bits per heavy atom. The minimum absolute atomic E-state index is 0.161.